The van der Waals surface area contributed by atoms with E-state index in [4.69, 9.17) is 4.74 Å². The molecule has 0 aliphatic rings. The van der Waals surface area contributed by atoms with E-state index in [1.807, 2.05) is 14.1 Å². The monoisotopic (exact) mass is 291 g/mol. The van der Waals surface area contributed by atoms with E-state index < -0.39 is 0 Å². The van der Waals surface area contributed by atoms with Crippen molar-refractivity contribution >= 4 is 0 Å². The first-order chi connectivity index (χ1) is 10.0. The van der Waals surface area contributed by atoms with Gasteiger partial charge >= 0.3 is 0 Å². The van der Waals surface area contributed by atoms with Crippen LogP contribution in [0.25, 0.3) is 0 Å². The van der Waals surface area contributed by atoms with E-state index in [-0.39, 0.29) is 11.6 Å². The van der Waals surface area contributed by atoms with Gasteiger partial charge in [0.05, 0.1) is 0 Å². The second-order valence-corrected chi connectivity index (χ2v) is 5.21. The van der Waals surface area contributed by atoms with Crippen LogP contribution in [0.5, 0.6) is 11.5 Å². The molecule has 0 unspecified atom stereocenters. The van der Waals surface area contributed by atoms with Crippen molar-refractivity contribution in [2.75, 3.05) is 20.6 Å². The average Bonchev–Trinajstić information content (AvgIpc) is 2.43. The molecule has 0 spiro atoms. The third-order valence-electron chi connectivity index (χ3n) is 3.12. The Labute approximate surface area is 124 Å². The highest BCUT2D eigenvalue weighted by atomic mass is 19.1. The largest absolute Gasteiger partial charge is 0.457 e. The number of halogens is 2. The highest BCUT2D eigenvalue weighted by molar-refractivity contribution is 5.38. The number of ether oxygens (including phenoxy) is 1. The third-order valence-corrected chi connectivity index (χ3v) is 3.12. The van der Waals surface area contributed by atoms with Crippen molar-refractivity contribution in [1.82, 2.24) is 4.90 Å². The van der Waals surface area contributed by atoms with Gasteiger partial charge in [0.1, 0.15) is 23.1 Å². The van der Waals surface area contributed by atoms with Gasteiger partial charge in [-0.05, 0) is 81.5 Å². The smallest absolute Gasteiger partial charge is 0.130 e. The van der Waals surface area contributed by atoms with Crippen molar-refractivity contribution in [3.8, 4) is 11.5 Å². The summed E-state index contributed by atoms with van der Waals surface area (Å²) in [4.78, 5) is 2.08. The average molecular weight is 291 g/mol. The molecule has 0 atom stereocenters. The van der Waals surface area contributed by atoms with Crippen LogP contribution in [-0.2, 0) is 6.42 Å². The zero-order valence-electron chi connectivity index (χ0n) is 12.3. The van der Waals surface area contributed by atoms with E-state index in [2.05, 4.69) is 4.90 Å². The zero-order chi connectivity index (χ0) is 15.2. The van der Waals surface area contributed by atoms with Gasteiger partial charge in [0.2, 0.25) is 0 Å². The van der Waals surface area contributed by atoms with E-state index in [9.17, 15) is 8.78 Å². The zero-order valence-corrected chi connectivity index (χ0v) is 12.3. The van der Waals surface area contributed by atoms with E-state index in [1.165, 1.54) is 24.3 Å². The Kier molecular flexibility index (Phi) is 5.28. The SMILES string of the molecule is CN(C)CCCc1cc(F)ccc1Oc1ccc(F)cc1. The predicted octanol–water partition coefficient (Wildman–Crippen LogP) is 4.25. The lowest BCUT2D eigenvalue weighted by Crippen LogP contribution is -2.13. The molecular formula is C17H19F2NO. The number of rotatable bonds is 6. The maximum absolute atomic E-state index is 13.4. The molecule has 0 heterocycles. The second kappa shape index (κ2) is 7.18. The molecule has 2 rings (SSSR count). The Hall–Kier alpha value is -1.94. The van der Waals surface area contributed by atoms with Crippen LogP contribution in [0.2, 0.25) is 0 Å². The fourth-order valence-electron chi connectivity index (χ4n) is 2.06. The lowest BCUT2D eigenvalue weighted by atomic mass is 10.1. The standard InChI is InChI=1S/C17H19F2NO/c1-20(2)11-3-4-13-12-15(19)7-10-17(13)21-16-8-5-14(18)6-9-16/h5-10,12H,3-4,11H2,1-2H3. The molecule has 0 aromatic heterocycles. The Bertz CT molecular complexity index is 582. The summed E-state index contributed by atoms with van der Waals surface area (Å²) >= 11 is 0. The van der Waals surface area contributed by atoms with Crippen LogP contribution < -0.4 is 4.74 Å². The van der Waals surface area contributed by atoms with Crippen LogP contribution in [-0.4, -0.2) is 25.5 Å². The van der Waals surface area contributed by atoms with Gasteiger partial charge in [0.15, 0.2) is 0 Å². The summed E-state index contributed by atoms with van der Waals surface area (Å²) in [5.41, 5.74) is 0.821. The van der Waals surface area contributed by atoms with Gasteiger partial charge in [0, 0.05) is 0 Å². The number of aryl methyl sites for hydroxylation is 1. The maximum atomic E-state index is 13.4. The molecular weight excluding hydrogens is 272 g/mol. The number of hydrogen-bond donors (Lipinski definition) is 0. The lowest BCUT2D eigenvalue weighted by Gasteiger charge is -2.13. The predicted molar refractivity (Wildman–Crippen MR) is 79.7 cm³/mol. The first-order valence-electron chi connectivity index (χ1n) is 6.91. The molecule has 0 fully saturated rings. The van der Waals surface area contributed by atoms with Gasteiger partial charge in [0.25, 0.3) is 0 Å². The van der Waals surface area contributed by atoms with Gasteiger partial charge in [-0.1, -0.05) is 0 Å². The quantitative estimate of drug-likeness (QED) is 0.789. The van der Waals surface area contributed by atoms with Crippen LogP contribution >= 0.6 is 0 Å². The second-order valence-electron chi connectivity index (χ2n) is 5.21. The summed E-state index contributed by atoms with van der Waals surface area (Å²) in [6.07, 6.45) is 1.64. The minimum absolute atomic E-state index is 0.277. The van der Waals surface area contributed by atoms with Gasteiger partial charge < -0.3 is 9.64 Å². The van der Waals surface area contributed by atoms with Crippen molar-refractivity contribution in [2.45, 2.75) is 12.8 Å². The van der Waals surface area contributed by atoms with E-state index in [0.29, 0.717) is 11.5 Å². The van der Waals surface area contributed by atoms with Crippen LogP contribution in [0.4, 0.5) is 8.78 Å². The fraction of sp³-hybridized carbons (Fsp3) is 0.294. The Balaban J connectivity index is 2.12. The Morgan fingerprint density at radius 2 is 1.62 bits per heavy atom. The normalized spacial score (nSPS) is 10.9. The Morgan fingerprint density at radius 3 is 2.29 bits per heavy atom. The molecule has 4 heteroatoms. The van der Waals surface area contributed by atoms with Crippen molar-refractivity contribution < 1.29 is 13.5 Å². The minimum atomic E-state index is -0.312. The summed E-state index contributed by atoms with van der Waals surface area (Å²) in [7, 11) is 4.00. The molecule has 2 aromatic carbocycles. The summed E-state index contributed by atoms with van der Waals surface area (Å²) in [6.45, 7) is 0.923. The molecule has 112 valence electrons. The summed E-state index contributed by atoms with van der Waals surface area (Å²) in [5, 5.41) is 0. The summed E-state index contributed by atoms with van der Waals surface area (Å²) < 4.78 is 32.0. The molecule has 0 radical (unpaired) electrons. The highest BCUT2D eigenvalue weighted by Gasteiger charge is 2.07. The highest BCUT2D eigenvalue weighted by Crippen LogP contribution is 2.27. The van der Waals surface area contributed by atoms with Crippen LogP contribution in [0.1, 0.15) is 12.0 Å². The number of benzene rings is 2. The topological polar surface area (TPSA) is 12.5 Å². The first-order valence-corrected chi connectivity index (χ1v) is 6.91. The molecule has 0 amide bonds. The van der Waals surface area contributed by atoms with E-state index in [1.54, 1.807) is 18.2 Å². The van der Waals surface area contributed by atoms with Crippen LogP contribution in [0.15, 0.2) is 42.5 Å². The molecule has 0 saturated heterocycles. The molecule has 0 aliphatic carbocycles. The number of hydrogen-bond acceptors (Lipinski definition) is 2. The van der Waals surface area contributed by atoms with Gasteiger partial charge in [-0.25, -0.2) is 8.78 Å². The van der Waals surface area contributed by atoms with Crippen LogP contribution in [0.3, 0.4) is 0 Å². The third kappa shape index (κ3) is 4.83. The van der Waals surface area contributed by atoms with Gasteiger partial charge in [-0.15, -0.1) is 0 Å². The molecule has 0 aliphatic heterocycles. The lowest BCUT2D eigenvalue weighted by molar-refractivity contribution is 0.398. The molecule has 2 nitrogen and oxygen atoms in total. The van der Waals surface area contributed by atoms with E-state index >= 15 is 0 Å². The Morgan fingerprint density at radius 1 is 0.952 bits per heavy atom. The number of nitrogens with zero attached hydrogens (tertiary/aromatic N) is 1. The van der Waals surface area contributed by atoms with Crippen molar-refractivity contribution in [3.05, 3.63) is 59.7 Å². The van der Waals surface area contributed by atoms with Gasteiger partial charge in [-0.3, -0.25) is 0 Å². The summed E-state index contributed by atoms with van der Waals surface area (Å²) in [6, 6.07) is 10.3. The van der Waals surface area contributed by atoms with E-state index in [0.717, 1.165) is 24.9 Å². The molecule has 0 bridgehead atoms. The van der Waals surface area contributed by atoms with Crippen LogP contribution in [0, 0.1) is 11.6 Å². The molecule has 0 N–H and O–H groups in total. The van der Waals surface area contributed by atoms with Crippen molar-refractivity contribution in [3.63, 3.8) is 0 Å². The molecule has 2 aromatic rings. The van der Waals surface area contributed by atoms with Crippen molar-refractivity contribution in [1.29, 1.82) is 0 Å². The fourth-order valence-corrected chi connectivity index (χ4v) is 2.06. The van der Waals surface area contributed by atoms with Crippen molar-refractivity contribution in [2.24, 2.45) is 0 Å². The molecule has 21 heavy (non-hydrogen) atoms. The first kappa shape index (κ1) is 15.4. The van der Waals surface area contributed by atoms with Gasteiger partial charge in [-0.2, -0.15) is 0 Å². The minimum Gasteiger partial charge on any atom is -0.457 e. The summed E-state index contributed by atoms with van der Waals surface area (Å²) in [5.74, 6) is 0.563. The molecule has 0 saturated carbocycles. The maximum Gasteiger partial charge on any atom is 0.130 e.